The molecule has 0 fully saturated rings. The molecule has 0 aliphatic rings. The van der Waals surface area contributed by atoms with E-state index < -0.39 is 0 Å². The summed E-state index contributed by atoms with van der Waals surface area (Å²) in [6.45, 7) is 7.06. The van der Waals surface area contributed by atoms with Crippen LogP contribution < -0.4 is 0 Å². The molecule has 0 unspecified atom stereocenters. The van der Waals surface area contributed by atoms with Crippen molar-refractivity contribution >= 4 is 5.65 Å². The number of aliphatic hydroxyl groups is 1. The molecule has 0 bridgehead atoms. The van der Waals surface area contributed by atoms with E-state index in [4.69, 9.17) is 0 Å². The maximum Gasteiger partial charge on any atom is 0.137 e. The van der Waals surface area contributed by atoms with Crippen LogP contribution in [0.1, 0.15) is 37.4 Å². The van der Waals surface area contributed by atoms with Crippen molar-refractivity contribution in [1.29, 1.82) is 0 Å². The number of rotatable bonds is 8. The smallest absolute Gasteiger partial charge is 0.137 e. The van der Waals surface area contributed by atoms with Crippen LogP contribution in [0.5, 0.6) is 0 Å². The Bertz CT molecular complexity index is 536. The van der Waals surface area contributed by atoms with Gasteiger partial charge < -0.3 is 9.51 Å². The first-order valence-electron chi connectivity index (χ1n) is 7.50. The van der Waals surface area contributed by atoms with Gasteiger partial charge in [-0.25, -0.2) is 4.98 Å². The Labute approximate surface area is 121 Å². The van der Waals surface area contributed by atoms with Gasteiger partial charge in [-0.2, -0.15) is 0 Å². The fraction of sp³-hybridized carbons (Fsp3) is 0.562. The fourth-order valence-electron chi connectivity index (χ4n) is 2.46. The summed E-state index contributed by atoms with van der Waals surface area (Å²) >= 11 is 0. The highest BCUT2D eigenvalue weighted by atomic mass is 16.3. The lowest BCUT2D eigenvalue weighted by molar-refractivity contribution is 0.186. The van der Waals surface area contributed by atoms with E-state index in [2.05, 4.69) is 46.6 Å². The molecule has 0 atom stereocenters. The van der Waals surface area contributed by atoms with E-state index >= 15 is 0 Å². The van der Waals surface area contributed by atoms with Crippen LogP contribution >= 0.6 is 0 Å². The third-order valence-electron chi connectivity index (χ3n) is 3.53. The molecule has 0 aromatic carbocycles. The molecule has 0 saturated heterocycles. The minimum absolute atomic E-state index is 0.207. The minimum atomic E-state index is 0.207. The monoisotopic (exact) mass is 275 g/mol. The van der Waals surface area contributed by atoms with Crippen molar-refractivity contribution in [2.75, 3.05) is 19.7 Å². The van der Waals surface area contributed by atoms with Crippen LogP contribution in [0, 0.1) is 6.92 Å². The Morgan fingerprint density at radius 2 is 2.05 bits per heavy atom. The largest absolute Gasteiger partial charge is 0.395 e. The molecule has 0 radical (unpaired) electrons. The van der Waals surface area contributed by atoms with Gasteiger partial charge in [-0.1, -0.05) is 25.8 Å². The highest BCUT2D eigenvalue weighted by molar-refractivity contribution is 5.41. The Morgan fingerprint density at radius 1 is 1.20 bits per heavy atom. The number of aryl methyl sites for hydroxylation is 1. The number of unbranched alkanes of at least 4 members (excludes halogenated alkanes) is 2. The second kappa shape index (κ2) is 7.41. The zero-order chi connectivity index (χ0) is 14.4. The van der Waals surface area contributed by atoms with Gasteiger partial charge in [0.15, 0.2) is 0 Å². The van der Waals surface area contributed by atoms with Gasteiger partial charge in [0.1, 0.15) is 5.65 Å². The van der Waals surface area contributed by atoms with E-state index in [1.807, 2.05) is 6.07 Å². The van der Waals surface area contributed by atoms with Crippen molar-refractivity contribution in [3.63, 3.8) is 0 Å². The van der Waals surface area contributed by atoms with Gasteiger partial charge in [-0.15, -0.1) is 0 Å². The summed E-state index contributed by atoms with van der Waals surface area (Å²) in [6.07, 6.45) is 7.84. The summed E-state index contributed by atoms with van der Waals surface area (Å²) in [4.78, 5) is 6.93. The number of hydrogen-bond donors (Lipinski definition) is 1. The molecule has 2 aromatic rings. The lowest BCUT2D eigenvalue weighted by Crippen LogP contribution is -2.27. The number of aromatic nitrogens is 2. The molecule has 2 rings (SSSR count). The second-order valence-corrected chi connectivity index (χ2v) is 5.41. The molecule has 4 heteroatoms. The highest BCUT2D eigenvalue weighted by Crippen LogP contribution is 2.10. The summed E-state index contributed by atoms with van der Waals surface area (Å²) in [5.74, 6) is 0. The van der Waals surface area contributed by atoms with Gasteiger partial charge in [0, 0.05) is 25.5 Å². The van der Waals surface area contributed by atoms with E-state index in [1.54, 1.807) is 0 Å². The van der Waals surface area contributed by atoms with Crippen LogP contribution in [-0.4, -0.2) is 39.1 Å². The van der Waals surface area contributed by atoms with Crippen molar-refractivity contribution in [3.8, 4) is 0 Å². The molecule has 0 spiro atoms. The number of hydrogen-bond acceptors (Lipinski definition) is 3. The average Bonchev–Trinajstić information content (AvgIpc) is 2.80. The predicted octanol–water partition coefficient (Wildman–Crippen LogP) is 2.63. The molecular weight excluding hydrogens is 250 g/mol. The third-order valence-corrected chi connectivity index (χ3v) is 3.53. The van der Waals surface area contributed by atoms with Crippen LogP contribution in [0.2, 0.25) is 0 Å². The first-order chi connectivity index (χ1) is 9.72. The van der Waals surface area contributed by atoms with E-state index in [9.17, 15) is 5.11 Å². The zero-order valence-electron chi connectivity index (χ0n) is 12.5. The summed E-state index contributed by atoms with van der Waals surface area (Å²) in [5, 5.41) is 9.18. The average molecular weight is 275 g/mol. The van der Waals surface area contributed by atoms with Crippen molar-refractivity contribution < 1.29 is 5.11 Å². The Morgan fingerprint density at radius 3 is 2.80 bits per heavy atom. The maximum absolute atomic E-state index is 9.18. The van der Waals surface area contributed by atoms with Crippen LogP contribution in [-0.2, 0) is 6.54 Å². The molecule has 1 N–H and O–H groups in total. The Hall–Kier alpha value is -1.39. The number of imidazole rings is 1. The first-order valence-corrected chi connectivity index (χ1v) is 7.50. The van der Waals surface area contributed by atoms with Gasteiger partial charge >= 0.3 is 0 Å². The van der Waals surface area contributed by atoms with Crippen molar-refractivity contribution in [3.05, 3.63) is 35.8 Å². The highest BCUT2D eigenvalue weighted by Gasteiger charge is 2.08. The van der Waals surface area contributed by atoms with E-state index in [0.29, 0.717) is 0 Å². The molecule has 2 heterocycles. The maximum atomic E-state index is 9.18. The molecule has 0 aliphatic heterocycles. The van der Waals surface area contributed by atoms with Crippen LogP contribution in [0.25, 0.3) is 5.65 Å². The topological polar surface area (TPSA) is 40.8 Å². The number of pyridine rings is 1. The van der Waals surface area contributed by atoms with Crippen molar-refractivity contribution in [2.45, 2.75) is 39.7 Å². The standard InChI is InChI=1S/C16H25N3O/c1-3-4-5-8-18(9-10-20)12-15-13-19-11-14(2)6-7-16(19)17-15/h6-7,11,13,20H,3-5,8-10,12H2,1-2H3. The van der Waals surface area contributed by atoms with E-state index in [-0.39, 0.29) is 6.61 Å². The van der Waals surface area contributed by atoms with Crippen LogP contribution in [0.4, 0.5) is 0 Å². The summed E-state index contributed by atoms with van der Waals surface area (Å²) in [5.41, 5.74) is 3.29. The molecule has 2 aromatic heterocycles. The molecular formula is C16H25N3O. The zero-order valence-corrected chi connectivity index (χ0v) is 12.5. The molecule has 110 valence electrons. The number of aliphatic hydroxyl groups excluding tert-OH is 1. The quantitative estimate of drug-likeness (QED) is 0.753. The molecule has 4 nitrogen and oxygen atoms in total. The second-order valence-electron chi connectivity index (χ2n) is 5.41. The Kier molecular flexibility index (Phi) is 5.56. The Balaban J connectivity index is 2.03. The van der Waals surface area contributed by atoms with Crippen molar-refractivity contribution in [2.24, 2.45) is 0 Å². The van der Waals surface area contributed by atoms with Crippen molar-refractivity contribution in [1.82, 2.24) is 14.3 Å². The molecule has 0 aliphatic carbocycles. The van der Waals surface area contributed by atoms with Gasteiger partial charge in [0.25, 0.3) is 0 Å². The van der Waals surface area contributed by atoms with Gasteiger partial charge in [0.2, 0.25) is 0 Å². The predicted molar refractivity (Wildman–Crippen MR) is 81.8 cm³/mol. The normalized spacial score (nSPS) is 11.6. The third kappa shape index (κ3) is 4.05. The molecule has 20 heavy (non-hydrogen) atoms. The van der Waals surface area contributed by atoms with Gasteiger partial charge in [-0.05, 0) is 31.5 Å². The summed E-state index contributed by atoms with van der Waals surface area (Å²) < 4.78 is 2.08. The number of fused-ring (bicyclic) bond motifs is 1. The SMILES string of the molecule is CCCCCN(CCO)Cc1cn2cc(C)ccc2n1. The van der Waals surface area contributed by atoms with E-state index in [0.717, 1.165) is 31.0 Å². The van der Waals surface area contributed by atoms with Gasteiger partial charge in [-0.3, -0.25) is 4.90 Å². The molecule has 0 amide bonds. The molecule has 0 saturated carbocycles. The fourth-order valence-corrected chi connectivity index (χ4v) is 2.46. The number of nitrogens with zero attached hydrogens (tertiary/aromatic N) is 3. The van der Waals surface area contributed by atoms with E-state index in [1.165, 1.54) is 24.8 Å². The van der Waals surface area contributed by atoms with Gasteiger partial charge in [0.05, 0.1) is 12.3 Å². The minimum Gasteiger partial charge on any atom is -0.395 e. The lowest BCUT2D eigenvalue weighted by atomic mass is 10.2. The lowest BCUT2D eigenvalue weighted by Gasteiger charge is -2.19. The first kappa shape index (κ1) is 15.0. The van der Waals surface area contributed by atoms with Crippen LogP contribution in [0.15, 0.2) is 24.5 Å². The van der Waals surface area contributed by atoms with Crippen LogP contribution in [0.3, 0.4) is 0 Å². The summed E-state index contributed by atoms with van der Waals surface area (Å²) in [7, 11) is 0. The summed E-state index contributed by atoms with van der Waals surface area (Å²) in [6, 6.07) is 4.13.